The summed E-state index contributed by atoms with van der Waals surface area (Å²) < 4.78 is 10.6. The first kappa shape index (κ1) is 23.8. The highest BCUT2D eigenvalue weighted by Gasteiger charge is 2.12. The Bertz CT molecular complexity index is 1160. The number of nitrogens with one attached hydrogen (secondary N) is 2. The highest BCUT2D eigenvalue weighted by Crippen LogP contribution is 2.33. The summed E-state index contributed by atoms with van der Waals surface area (Å²) in [5, 5.41) is 15.4. The third kappa shape index (κ3) is 6.79. The van der Waals surface area contributed by atoms with Gasteiger partial charge in [0.25, 0.3) is 5.91 Å². The summed E-state index contributed by atoms with van der Waals surface area (Å²) >= 11 is 1.55. The van der Waals surface area contributed by atoms with Crippen LogP contribution in [0.4, 0.5) is 5.69 Å². The van der Waals surface area contributed by atoms with Crippen molar-refractivity contribution in [1.82, 2.24) is 5.32 Å². The first-order valence-electron chi connectivity index (χ1n) is 10.3. The van der Waals surface area contributed by atoms with Gasteiger partial charge in [-0.25, -0.2) is 0 Å². The zero-order chi connectivity index (χ0) is 23.5. The number of nitrogens with zero attached hydrogens (tertiary/aromatic N) is 1. The Kier molecular flexibility index (Phi) is 8.80. The molecule has 7 heteroatoms. The van der Waals surface area contributed by atoms with Crippen LogP contribution < -0.4 is 20.1 Å². The number of rotatable bonds is 10. The van der Waals surface area contributed by atoms with Crippen molar-refractivity contribution in [2.45, 2.75) is 16.2 Å². The second kappa shape index (κ2) is 12.2. The topological polar surface area (TPSA) is 83.4 Å². The molecule has 2 N–H and O–H groups in total. The smallest absolute Gasteiger partial charge is 0.267 e. The van der Waals surface area contributed by atoms with Gasteiger partial charge in [0, 0.05) is 22.5 Å². The fourth-order valence-corrected chi connectivity index (χ4v) is 3.96. The van der Waals surface area contributed by atoms with Gasteiger partial charge in [0.1, 0.15) is 11.6 Å². The van der Waals surface area contributed by atoms with Crippen molar-refractivity contribution in [2.75, 3.05) is 26.1 Å². The minimum absolute atomic E-state index is 0.00169. The number of methoxy groups -OCH3 is 2. The number of benzene rings is 3. The van der Waals surface area contributed by atoms with E-state index in [2.05, 4.69) is 10.6 Å². The third-order valence-electron chi connectivity index (χ3n) is 4.72. The fourth-order valence-electron chi connectivity index (χ4n) is 3.04. The molecule has 0 spiro atoms. The maximum absolute atomic E-state index is 12.7. The first-order chi connectivity index (χ1) is 16.1. The Hall–Kier alpha value is -3.89. The molecule has 6 nitrogen and oxygen atoms in total. The van der Waals surface area contributed by atoms with Crippen LogP contribution in [0.1, 0.15) is 5.56 Å². The molecule has 0 aliphatic carbocycles. The van der Waals surface area contributed by atoms with Crippen molar-refractivity contribution in [2.24, 2.45) is 0 Å². The summed E-state index contributed by atoms with van der Waals surface area (Å²) in [4.78, 5) is 14.6. The van der Waals surface area contributed by atoms with E-state index in [1.807, 2.05) is 78.9 Å². The molecule has 0 saturated carbocycles. The molecule has 3 aromatic carbocycles. The van der Waals surface area contributed by atoms with Crippen LogP contribution in [-0.2, 0) is 11.2 Å². The quantitative estimate of drug-likeness (QED) is 0.251. The van der Waals surface area contributed by atoms with Crippen molar-refractivity contribution in [1.29, 1.82) is 5.26 Å². The van der Waals surface area contributed by atoms with Gasteiger partial charge in [-0.2, -0.15) is 5.26 Å². The van der Waals surface area contributed by atoms with E-state index in [1.54, 1.807) is 26.0 Å². The van der Waals surface area contributed by atoms with E-state index < -0.39 is 5.91 Å². The molecule has 3 rings (SSSR count). The van der Waals surface area contributed by atoms with Crippen molar-refractivity contribution in [3.05, 3.63) is 90.1 Å². The summed E-state index contributed by atoms with van der Waals surface area (Å²) in [6, 6.07) is 25.1. The van der Waals surface area contributed by atoms with E-state index in [4.69, 9.17) is 9.47 Å². The van der Waals surface area contributed by atoms with Crippen molar-refractivity contribution >= 4 is 23.4 Å². The van der Waals surface area contributed by atoms with E-state index in [9.17, 15) is 10.1 Å². The summed E-state index contributed by atoms with van der Waals surface area (Å²) in [5.41, 5.74) is 1.70. The van der Waals surface area contributed by atoms with Gasteiger partial charge in [-0.1, -0.05) is 48.2 Å². The molecule has 0 atom stereocenters. The SMILES string of the molecule is COc1ccc(CCN/C=C(/C#N)C(=O)Nc2ccccc2Sc2ccccc2)cc1OC. The van der Waals surface area contributed by atoms with Crippen LogP contribution in [0.25, 0.3) is 0 Å². The number of anilines is 1. The van der Waals surface area contributed by atoms with Crippen molar-refractivity contribution in [3.63, 3.8) is 0 Å². The number of para-hydroxylation sites is 1. The minimum atomic E-state index is -0.461. The lowest BCUT2D eigenvalue weighted by Crippen LogP contribution is -2.18. The number of hydrogen-bond donors (Lipinski definition) is 2. The van der Waals surface area contributed by atoms with Crippen LogP contribution in [0.15, 0.2) is 94.4 Å². The number of ether oxygens (including phenoxy) is 2. The molecule has 0 fully saturated rings. The van der Waals surface area contributed by atoms with Crippen LogP contribution in [0, 0.1) is 11.3 Å². The zero-order valence-corrected chi connectivity index (χ0v) is 19.3. The minimum Gasteiger partial charge on any atom is -0.493 e. The van der Waals surface area contributed by atoms with Crippen molar-refractivity contribution < 1.29 is 14.3 Å². The zero-order valence-electron chi connectivity index (χ0n) is 18.5. The van der Waals surface area contributed by atoms with Crippen LogP contribution in [0.5, 0.6) is 11.5 Å². The largest absolute Gasteiger partial charge is 0.493 e. The molecular formula is C26H25N3O3S. The summed E-state index contributed by atoms with van der Waals surface area (Å²) in [5.74, 6) is 0.871. The standard InChI is InChI=1S/C26H25N3O3S/c1-31-23-13-12-19(16-24(23)32-2)14-15-28-18-20(17-27)26(30)29-22-10-6-7-11-25(22)33-21-8-4-3-5-9-21/h3-13,16,18,28H,14-15H2,1-2H3,(H,29,30)/b20-18-. The third-order valence-corrected chi connectivity index (χ3v) is 5.81. The molecule has 0 radical (unpaired) electrons. The van der Waals surface area contributed by atoms with Gasteiger partial charge in [-0.3, -0.25) is 4.79 Å². The number of amides is 1. The van der Waals surface area contributed by atoms with Gasteiger partial charge < -0.3 is 20.1 Å². The van der Waals surface area contributed by atoms with Crippen molar-refractivity contribution in [3.8, 4) is 17.6 Å². The average molecular weight is 460 g/mol. The number of carbonyl (C=O) groups is 1. The Morgan fingerprint density at radius 2 is 1.73 bits per heavy atom. The molecule has 0 unspecified atom stereocenters. The Balaban J connectivity index is 1.60. The average Bonchev–Trinajstić information content (AvgIpc) is 2.85. The lowest BCUT2D eigenvalue weighted by Gasteiger charge is -2.11. The van der Waals surface area contributed by atoms with Gasteiger partial charge in [0.2, 0.25) is 0 Å². The lowest BCUT2D eigenvalue weighted by atomic mass is 10.1. The molecule has 0 aromatic heterocycles. The van der Waals surface area contributed by atoms with Crippen LogP contribution in [0.3, 0.4) is 0 Å². The predicted octanol–water partition coefficient (Wildman–Crippen LogP) is 5.03. The molecule has 1 amide bonds. The van der Waals surface area contributed by atoms with Gasteiger partial charge in [0.05, 0.1) is 19.9 Å². The molecule has 0 aliphatic rings. The molecule has 3 aromatic rings. The van der Waals surface area contributed by atoms with Crippen LogP contribution in [-0.4, -0.2) is 26.7 Å². The lowest BCUT2D eigenvalue weighted by molar-refractivity contribution is -0.112. The highest BCUT2D eigenvalue weighted by atomic mass is 32.2. The van der Waals surface area contributed by atoms with E-state index in [0.29, 0.717) is 30.2 Å². The van der Waals surface area contributed by atoms with Crippen LogP contribution >= 0.6 is 11.8 Å². The normalized spacial score (nSPS) is 10.8. The molecule has 0 heterocycles. The predicted molar refractivity (Wildman–Crippen MR) is 131 cm³/mol. The van der Waals surface area contributed by atoms with E-state index >= 15 is 0 Å². The monoisotopic (exact) mass is 459 g/mol. The number of hydrogen-bond acceptors (Lipinski definition) is 6. The Morgan fingerprint density at radius 3 is 2.45 bits per heavy atom. The van der Waals surface area contributed by atoms with E-state index in [1.165, 1.54) is 6.20 Å². The molecule has 0 saturated heterocycles. The second-order valence-corrected chi connectivity index (χ2v) is 8.04. The fraction of sp³-hybridized carbons (Fsp3) is 0.154. The summed E-state index contributed by atoms with van der Waals surface area (Å²) in [6.07, 6.45) is 2.14. The van der Waals surface area contributed by atoms with Gasteiger partial charge >= 0.3 is 0 Å². The number of nitriles is 1. The first-order valence-corrected chi connectivity index (χ1v) is 11.1. The maximum Gasteiger partial charge on any atom is 0.267 e. The summed E-state index contributed by atoms with van der Waals surface area (Å²) in [7, 11) is 3.19. The summed E-state index contributed by atoms with van der Waals surface area (Å²) in [6.45, 7) is 0.550. The van der Waals surface area contributed by atoms with E-state index in [-0.39, 0.29) is 5.57 Å². The van der Waals surface area contributed by atoms with Crippen LogP contribution in [0.2, 0.25) is 0 Å². The van der Waals surface area contributed by atoms with Gasteiger partial charge in [-0.15, -0.1) is 0 Å². The maximum atomic E-state index is 12.7. The highest BCUT2D eigenvalue weighted by molar-refractivity contribution is 7.99. The molecular weight excluding hydrogens is 434 g/mol. The molecule has 0 bridgehead atoms. The number of carbonyl (C=O) groups excluding carboxylic acids is 1. The van der Waals surface area contributed by atoms with Gasteiger partial charge in [0.15, 0.2) is 11.5 Å². The molecule has 168 valence electrons. The van der Waals surface area contributed by atoms with E-state index in [0.717, 1.165) is 15.4 Å². The van der Waals surface area contributed by atoms with Gasteiger partial charge in [-0.05, 0) is 48.4 Å². The molecule has 0 aliphatic heterocycles. The Labute approximate surface area is 198 Å². The second-order valence-electron chi connectivity index (χ2n) is 6.93. The molecule has 33 heavy (non-hydrogen) atoms. The Morgan fingerprint density at radius 1 is 1.00 bits per heavy atom.